The van der Waals surface area contributed by atoms with Gasteiger partial charge in [0.25, 0.3) is 0 Å². The van der Waals surface area contributed by atoms with E-state index in [0.29, 0.717) is 17.1 Å². The maximum Gasteiger partial charge on any atom is 0.243 e. The van der Waals surface area contributed by atoms with E-state index in [9.17, 15) is 4.39 Å². The molecule has 0 saturated carbocycles. The molecule has 9 nitrogen and oxygen atoms in total. The van der Waals surface area contributed by atoms with Crippen molar-refractivity contribution in [2.75, 3.05) is 5.73 Å². The van der Waals surface area contributed by atoms with Crippen LogP contribution in [0, 0.1) is 12.7 Å². The van der Waals surface area contributed by atoms with Crippen LogP contribution in [0.15, 0.2) is 33.0 Å². The smallest absolute Gasteiger partial charge is 0.243 e. The molecule has 0 spiro atoms. The summed E-state index contributed by atoms with van der Waals surface area (Å²) in [6.07, 6.45) is 1.24. The van der Waals surface area contributed by atoms with Crippen molar-refractivity contribution in [1.82, 2.24) is 25.3 Å². The summed E-state index contributed by atoms with van der Waals surface area (Å²) < 4.78 is 19.6. The summed E-state index contributed by atoms with van der Waals surface area (Å²) >= 11 is 5.92. The van der Waals surface area contributed by atoms with Gasteiger partial charge >= 0.3 is 0 Å². The molecule has 25 heavy (non-hydrogen) atoms. The first-order valence-corrected chi connectivity index (χ1v) is 7.39. The molecular formula is C14H12ClFN8O. The van der Waals surface area contributed by atoms with Gasteiger partial charge in [-0.15, -0.1) is 5.10 Å². The van der Waals surface area contributed by atoms with Crippen LogP contribution in [-0.4, -0.2) is 37.2 Å². The molecule has 3 aromatic rings. The van der Waals surface area contributed by atoms with Crippen molar-refractivity contribution >= 4 is 29.3 Å². The second-order valence-corrected chi connectivity index (χ2v) is 5.38. The lowest BCUT2D eigenvalue weighted by Crippen LogP contribution is -2.04. The number of anilines is 1. The fourth-order valence-corrected chi connectivity index (χ4v) is 2.27. The number of nitrogen functional groups attached to an aromatic ring is 1. The van der Waals surface area contributed by atoms with Crippen LogP contribution in [0.2, 0.25) is 5.02 Å². The molecule has 2 N–H and O–H groups in total. The van der Waals surface area contributed by atoms with Gasteiger partial charge in [0.15, 0.2) is 0 Å². The zero-order valence-electron chi connectivity index (χ0n) is 13.2. The molecule has 11 heteroatoms. The normalized spacial score (nSPS) is 12.2. The molecule has 1 aromatic carbocycles. The minimum atomic E-state index is -0.486. The first-order chi connectivity index (χ1) is 12.0. The molecule has 128 valence electrons. The Hall–Kier alpha value is -3.14. The molecule has 0 aliphatic heterocycles. The Kier molecular flexibility index (Phi) is 4.52. The predicted molar refractivity (Wildman–Crippen MR) is 89.6 cm³/mol. The van der Waals surface area contributed by atoms with Gasteiger partial charge in [-0.2, -0.15) is 14.9 Å². The number of hydrogen-bond donors (Lipinski definition) is 1. The molecule has 0 radical (unpaired) electrons. The number of aromatic nitrogens is 5. The summed E-state index contributed by atoms with van der Waals surface area (Å²) in [7, 11) is 0. The number of rotatable bonds is 4. The van der Waals surface area contributed by atoms with E-state index in [1.165, 1.54) is 23.0 Å². The quantitative estimate of drug-likeness (QED) is 0.561. The Bertz CT molecular complexity index is 957. The zero-order chi connectivity index (χ0) is 18.0. The SMILES string of the molecule is C/C(=N/N=C\c1c(F)cccc1Cl)c1nnn(-c2nonc2N)c1C. The van der Waals surface area contributed by atoms with Crippen LogP contribution in [0.1, 0.15) is 23.9 Å². The van der Waals surface area contributed by atoms with E-state index in [2.05, 4.69) is 35.5 Å². The minimum absolute atomic E-state index is 0.0846. The molecule has 0 bridgehead atoms. The predicted octanol–water partition coefficient (Wildman–Crippen LogP) is 2.18. The molecule has 0 aliphatic carbocycles. The van der Waals surface area contributed by atoms with Crippen molar-refractivity contribution in [3.8, 4) is 5.82 Å². The highest BCUT2D eigenvalue weighted by molar-refractivity contribution is 6.33. The third kappa shape index (κ3) is 3.24. The van der Waals surface area contributed by atoms with Gasteiger partial charge in [-0.3, -0.25) is 0 Å². The van der Waals surface area contributed by atoms with E-state index in [0.717, 1.165) is 0 Å². The third-order valence-corrected chi connectivity index (χ3v) is 3.66. The molecule has 0 saturated heterocycles. The summed E-state index contributed by atoms with van der Waals surface area (Å²) in [6, 6.07) is 4.36. The van der Waals surface area contributed by atoms with Crippen molar-refractivity contribution in [1.29, 1.82) is 0 Å². The molecule has 3 rings (SSSR count). The van der Waals surface area contributed by atoms with Crippen LogP contribution in [0.25, 0.3) is 5.82 Å². The fourth-order valence-electron chi connectivity index (χ4n) is 2.06. The van der Waals surface area contributed by atoms with Gasteiger partial charge in [0.1, 0.15) is 11.5 Å². The molecule has 0 atom stereocenters. The monoisotopic (exact) mass is 362 g/mol. The van der Waals surface area contributed by atoms with Crippen molar-refractivity contribution in [3.63, 3.8) is 0 Å². The summed E-state index contributed by atoms with van der Waals surface area (Å²) in [5.74, 6) is -0.174. The van der Waals surface area contributed by atoms with Gasteiger partial charge in [0.05, 0.1) is 22.6 Å². The molecule has 2 heterocycles. The van der Waals surface area contributed by atoms with Crippen LogP contribution < -0.4 is 5.73 Å². The first kappa shape index (κ1) is 16.7. The summed E-state index contributed by atoms with van der Waals surface area (Å²) in [5, 5.41) is 23.2. The van der Waals surface area contributed by atoms with Crippen molar-refractivity contribution in [3.05, 3.63) is 46.0 Å². The number of nitrogens with two attached hydrogens (primary N) is 1. The molecule has 2 aromatic heterocycles. The molecule has 0 amide bonds. The number of benzene rings is 1. The lowest BCUT2D eigenvalue weighted by molar-refractivity contribution is 0.306. The maximum absolute atomic E-state index is 13.7. The summed E-state index contributed by atoms with van der Waals surface area (Å²) in [6.45, 7) is 3.44. The lowest BCUT2D eigenvalue weighted by atomic mass is 10.2. The van der Waals surface area contributed by atoms with E-state index in [1.54, 1.807) is 19.9 Å². The highest BCUT2D eigenvalue weighted by Crippen LogP contribution is 2.17. The minimum Gasteiger partial charge on any atom is -0.378 e. The molecular weight excluding hydrogens is 351 g/mol. The molecule has 0 fully saturated rings. The van der Waals surface area contributed by atoms with E-state index >= 15 is 0 Å². The van der Waals surface area contributed by atoms with Crippen LogP contribution in [0.3, 0.4) is 0 Å². The van der Waals surface area contributed by atoms with Crippen molar-refractivity contribution in [2.24, 2.45) is 10.2 Å². The average Bonchev–Trinajstić information content (AvgIpc) is 3.15. The number of halogens is 2. The largest absolute Gasteiger partial charge is 0.378 e. The Morgan fingerprint density at radius 1 is 1.40 bits per heavy atom. The third-order valence-electron chi connectivity index (χ3n) is 3.33. The van der Waals surface area contributed by atoms with Crippen LogP contribution in [0.4, 0.5) is 10.2 Å². The first-order valence-electron chi connectivity index (χ1n) is 7.01. The molecule has 0 aliphatic rings. The van der Waals surface area contributed by atoms with Gasteiger partial charge in [-0.1, -0.05) is 22.9 Å². The van der Waals surface area contributed by atoms with E-state index in [4.69, 9.17) is 17.3 Å². The topological polar surface area (TPSA) is 120 Å². The van der Waals surface area contributed by atoms with E-state index in [1.807, 2.05) is 0 Å². The van der Waals surface area contributed by atoms with Crippen LogP contribution >= 0.6 is 11.6 Å². The Balaban J connectivity index is 1.88. The van der Waals surface area contributed by atoms with Crippen molar-refractivity contribution in [2.45, 2.75) is 13.8 Å². The molecule has 0 unspecified atom stereocenters. The van der Waals surface area contributed by atoms with Gasteiger partial charge in [0.2, 0.25) is 11.6 Å². The summed E-state index contributed by atoms with van der Waals surface area (Å²) in [5.41, 5.74) is 7.34. The zero-order valence-corrected chi connectivity index (χ0v) is 13.9. The Morgan fingerprint density at radius 2 is 2.20 bits per heavy atom. The highest BCUT2D eigenvalue weighted by Gasteiger charge is 2.17. The maximum atomic E-state index is 13.7. The Morgan fingerprint density at radius 3 is 2.88 bits per heavy atom. The van der Waals surface area contributed by atoms with E-state index < -0.39 is 5.82 Å². The second-order valence-electron chi connectivity index (χ2n) is 4.97. The van der Waals surface area contributed by atoms with Gasteiger partial charge < -0.3 is 5.73 Å². The van der Waals surface area contributed by atoms with Gasteiger partial charge in [-0.05, 0) is 36.3 Å². The van der Waals surface area contributed by atoms with Crippen molar-refractivity contribution < 1.29 is 9.02 Å². The fraction of sp³-hybridized carbons (Fsp3) is 0.143. The number of hydrogen-bond acceptors (Lipinski definition) is 8. The van der Waals surface area contributed by atoms with Gasteiger partial charge in [0, 0.05) is 5.56 Å². The number of nitrogens with zero attached hydrogens (tertiary/aromatic N) is 7. The van der Waals surface area contributed by atoms with Gasteiger partial charge in [-0.25, -0.2) is 9.02 Å². The van der Waals surface area contributed by atoms with Crippen LogP contribution in [0.5, 0.6) is 0 Å². The second kappa shape index (κ2) is 6.77. The van der Waals surface area contributed by atoms with E-state index in [-0.39, 0.29) is 22.2 Å². The highest BCUT2D eigenvalue weighted by atomic mass is 35.5. The average molecular weight is 363 g/mol. The standard InChI is InChI=1S/C14H12ClFN8O/c1-7(19-18-6-9-10(15)4-3-5-11(9)16)12-8(2)24(23-20-12)14-13(17)21-25-22-14/h3-6H,1-2H3,(H2,17,21)/b18-6-,19-7-. The summed E-state index contributed by atoms with van der Waals surface area (Å²) in [4.78, 5) is 0. The van der Waals surface area contributed by atoms with Crippen LogP contribution in [-0.2, 0) is 0 Å². The lowest BCUT2D eigenvalue weighted by Gasteiger charge is -1.99. The Labute approximate surface area is 146 Å².